The van der Waals surface area contributed by atoms with Crippen LogP contribution in [-0.4, -0.2) is 127 Å². The molecule has 2 fully saturated rings. The van der Waals surface area contributed by atoms with Crippen molar-refractivity contribution in [3.8, 4) is 0 Å². The zero-order valence-corrected chi connectivity index (χ0v) is 24.8. The van der Waals surface area contributed by atoms with Crippen LogP contribution >= 0.6 is 0 Å². The standard InChI is InChI=1S/C12H22O31S4/c13-40-35-6-4(1-29-44(17,18)19)32-11(9(37-42-15)8(6)36-41-14)34-12(3-31-46(23,24)25)10(38-43-16)7(39-47(26,27)28)5(33-12)2-30-45(20,21)22/h4-11,13-16H,1-3H2,(H,17,18,19)(H,20,21,22)(H,23,24,25)(H,26,27,28)/p-8/t4?,5-,6-,7?,8+,9?,10-,11+,12+/m1/s1. The molecule has 0 N–H and O–H groups in total. The fourth-order valence-corrected chi connectivity index (χ4v) is 5.26. The van der Waals surface area contributed by atoms with Crippen molar-refractivity contribution in [1.29, 1.82) is 0 Å². The molecule has 2 heterocycles. The van der Waals surface area contributed by atoms with Crippen molar-refractivity contribution in [2.75, 3.05) is 19.8 Å². The van der Waals surface area contributed by atoms with Crippen LogP contribution in [0.3, 0.4) is 0 Å². The van der Waals surface area contributed by atoms with Crippen LogP contribution in [0.25, 0.3) is 0 Å². The summed E-state index contributed by atoms with van der Waals surface area (Å²) in [4.78, 5) is 16.8. The summed E-state index contributed by atoms with van der Waals surface area (Å²) < 4.78 is 165. The van der Waals surface area contributed by atoms with E-state index >= 15 is 0 Å². The first kappa shape index (κ1) is 42.0. The lowest BCUT2D eigenvalue weighted by Crippen LogP contribution is -2.65. The van der Waals surface area contributed by atoms with Crippen LogP contribution in [-0.2, 0) is 112 Å². The minimum atomic E-state index is -6.03. The molecule has 47 heavy (non-hydrogen) atoms. The molecule has 0 amide bonds. The van der Waals surface area contributed by atoms with Gasteiger partial charge in [0.25, 0.3) is 0 Å². The van der Waals surface area contributed by atoms with E-state index < -0.39 is 116 Å². The largest absolute Gasteiger partial charge is 0.726 e. The predicted octanol–water partition coefficient (Wildman–Crippen LogP) is -10.5. The van der Waals surface area contributed by atoms with E-state index in [-0.39, 0.29) is 0 Å². The van der Waals surface area contributed by atoms with Gasteiger partial charge in [0, 0.05) is 0 Å². The van der Waals surface area contributed by atoms with Crippen molar-refractivity contribution < 1.29 is 144 Å². The summed E-state index contributed by atoms with van der Waals surface area (Å²) in [7, 11) is -23.4. The predicted molar refractivity (Wildman–Crippen MR) is 103 cm³/mol. The molecule has 2 rings (SSSR count). The van der Waals surface area contributed by atoms with Gasteiger partial charge in [-0.05, 0) is 0 Å². The normalized spacial score (nSPS) is 32.5. The Morgan fingerprint density at radius 1 is 0.553 bits per heavy atom. The minimum absolute atomic E-state index is 1.58. The van der Waals surface area contributed by atoms with Crippen LogP contribution in [0.5, 0.6) is 0 Å². The average molecular weight is 782 g/mol. The van der Waals surface area contributed by atoms with Crippen molar-refractivity contribution >= 4 is 41.6 Å². The fraction of sp³-hybridized carbons (Fsp3) is 1.00. The molecule has 0 spiro atoms. The summed E-state index contributed by atoms with van der Waals surface area (Å²) in [5, 5.41) is 55.9. The van der Waals surface area contributed by atoms with Gasteiger partial charge in [0.1, 0.15) is 24.9 Å². The van der Waals surface area contributed by atoms with Crippen molar-refractivity contribution in [3.05, 3.63) is 0 Å². The molecule has 3 unspecified atom stereocenters. The molecule has 280 valence electrons. The Bertz CT molecular complexity index is 1410. The van der Waals surface area contributed by atoms with Crippen molar-refractivity contribution in [1.82, 2.24) is 0 Å². The second kappa shape index (κ2) is 17.2. The van der Waals surface area contributed by atoms with Crippen LogP contribution in [0, 0.1) is 0 Å². The molecule has 0 bridgehead atoms. The van der Waals surface area contributed by atoms with Gasteiger partial charge in [-0.2, -0.15) is 0 Å². The van der Waals surface area contributed by atoms with E-state index in [9.17, 15) is 72.9 Å². The highest BCUT2D eigenvalue weighted by Gasteiger charge is 2.63. The van der Waals surface area contributed by atoms with E-state index in [0.29, 0.717) is 0 Å². The average Bonchev–Trinajstić information content (AvgIpc) is 3.18. The third-order valence-corrected chi connectivity index (χ3v) is 7.05. The zero-order valence-electron chi connectivity index (χ0n) is 21.5. The SMILES string of the molecule is O=S(=O)([O-])OCC1O[C@@H](O[C@]2(COS(=O)(=O)[O-])O[C@H](COS(=O)(=O)[O-])C(OS(=O)(=O)[O-])[C@H]2OO[O-])C(OO[O-])[C@@H](OO[O-])[C@@H]1OO[O-]. The Kier molecular flexibility index (Phi) is 15.4. The monoisotopic (exact) mass is 782 g/mol. The lowest BCUT2D eigenvalue weighted by molar-refractivity contribution is -0.834. The fourth-order valence-electron chi connectivity index (χ4n) is 3.85. The second-order valence-electron chi connectivity index (χ2n) is 8.13. The molecule has 35 heteroatoms. The van der Waals surface area contributed by atoms with Crippen molar-refractivity contribution in [2.45, 2.75) is 54.8 Å². The maximum Gasteiger partial charge on any atom is 0.229 e. The van der Waals surface area contributed by atoms with Gasteiger partial charge < -0.3 is 53.5 Å². The van der Waals surface area contributed by atoms with E-state index in [1.54, 1.807) is 0 Å². The molecule has 0 radical (unpaired) electrons. The van der Waals surface area contributed by atoms with E-state index in [4.69, 9.17) is 14.2 Å². The van der Waals surface area contributed by atoms with Gasteiger partial charge in [0.2, 0.25) is 47.4 Å². The van der Waals surface area contributed by atoms with E-state index in [0.717, 1.165) is 0 Å². The molecule has 0 aromatic carbocycles. The molecule has 0 saturated carbocycles. The van der Waals surface area contributed by atoms with Crippen LogP contribution in [0.2, 0.25) is 0 Å². The van der Waals surface area contributed by atoms with Gasteiger partial charge >= 0.3 is 0 Å². The van der Waals surface area contributed by atoms with Crippen molar-refractivity contribution in [2.24, 2.45) is 0 Å². The number of hydrogen-bond donors (Lipinski definition) is 0. The van der Waals surface area contributed by atoms with E-state index in [1.165, 1.54) is 0 Å². The summed E-state index contributed by atoms with van der Waals surface area (Å²) >= 11 is 0. The molecule has 0 aromatic rings. The van der Waals surface area contributed by atoms with E-state index in [1.807, 2.05) is 0 Å². The Morgan fingerprint density at radius 3 is 1.49 bits per heavy atom. The molecule has 9 atom stereocenters. The molecule has 2 saturated heterocycles. The molecule has 0 aromatic heterocycles. The van der Waals surface area contributed by atoms with Crippen LogP contribution < -0.4 is 21.0 Å². The second-order valence-corrected chi connectivity index (χ2v) is 12.3. The Labute approximate surface area is 259 Å². The summed E-state index contributed by atoms with van der Waals surface area (Å²) in [5.74, 6) is -3.62. The minimum Gasteiger partial charge on any atom is -0.726 e. The van der Waals surface area contributed by atoms with Crippen LogP contribution in [0.1, 0.15) is 0 Å². The zero-order chi connectivity index (χ0) is 35.8. The molecular formula is C12H14O31S4-8. The summed E-state index contributed by atoms with van der Waals surface area (Å²) in [5.41, 5.74) is 0. The van der Waals surface area contributed by atoms with Crippen LogP contribution in [0.15, 0.2) is 0 Å². The third kappa shape index (κ3) is 13.3. The first-order valence-corrected chi connectivity index (χ1v) is 16.2. The Hall–Kier alpha value is -1.12. The first-order chi connectivity index (χ1) is 21.6. The smallest absolute Gasteiger partial charge is 0.229 e. The highest BCUT2D eigenvalue weighted by molar-refractivity contribution is 7.81. The van der Waals surface area contributed by atoms with Gasteiger partial charge in [-0.15, -0.1) is 0 Å². The Balaban J connectivity index is 2.75. The van der Waals surface area contributed by atoms with Crippen molar-refractivity contribution in [3.63, 3.8) is 0 Å². The van der Waals surface area contributed by atoms with Gasteiger partial charge in [0.05, 0.1) is 13.2 Å². The number of ether oxygens (including phenoxy) is 3. The molecular weight excluding hydrogens is 768 g/mol. The molecule has 0 aliphatic carbocycles. The third-order valence-electron chi connectivity index (χ3n) is 5.34. The number of rotatable bonds is 21. The maximum atomic E-state index is 11.4. The maximum absolute atomic E-state index is 11.4. The Morgan fingerprint density at radius 2 is 1.02 bits per heavy atom. The number of hydrogen-bond acceptors (Lipinski definition) is 31. The van der Waals surface area contributed by atoms with E-state index in [2.05, 4.69) is 56.4 Å². The lowest BCUT2D eigenvalue weighted by Gasteiger charge is -2.46. The van der Waals surface area contributed by atoms with Crippen LogP contribution in [0.4, 0.5) is 0 Å². The quantitative estimate of drug-likeness (QED) is 0.0451. The molecule has 31 nitrogen and oxygen atoms in total. The van der Waals surface area contributed by atoms with Gasteiger partial charge in [-0.3, -0.25) is 36.9 Å². The first-order valence-electron chi connectivity index (χ1n) is 10.9. The topological polar surface area (TPSA) is 459 Å². The van der Waals surface area contributed by atoms with Gasteiger partial charge in [-0.1, -0.05) is 0 Å². The lowest BCUT2D eigenvalue weighted by atomic mass is 9.98. The van der Waals surface area contributed by atoms with Gasteiger partial charge in [0.15, 0.2) is 30.7 Å². The highest BCUT2D eigenvalue weighted by atomic mass is 32.3. The summed E-state index contributed by atoms with van der Waals surface area (Å²) in [6, 6.07) is 0. The highest BCUT2D eigenvalue weighted by Crippen LogP contribution is 2.41. The van der Waals surface area contributed by atoms with Gasteiger partial charge in [-0.25, -0.2) is 53.2 Å². The summed E-state index contributed by atoms with van der Waals surface area (Å²) in [6.07, 6.45) is -21.1. The molecule has 2 aliphatic rings. The summed E-state index contributed by atoms with van der Waals surface area (Å²) in [6.45, 7) is -5.34. The molecule has 2 aliphatic heterocycles.